The molecule has 2 aromatic rings. The zero-order valence-corrected chi connectivity index (χ0v) is 9.60. The summed E-state index contributed by atoms with van der Waals surface area (Å²) in [6.07, 6.45) is 0. The van der Waals surface area contributed by atoms with Gasteiger partial charge in [-0.25, -0.2) is 4.68 Å². The van der Waals surface area contributed by atoms with Crippen LogP contribution in [0, 0.1) is 0 Å². The molecule has 0 atom stereocenters. The van der Waals surface area contributed by atoms with Crippen molar-refractivity contribution in [2.24, 2.45) is 0 Å². The van der Waals surface area contributed by atoms with Gasteiger partial charge in [-0.3, -0.25) is 0 Å². The molecule has 0 aliphatic carbocycles. The van der Waals surface area contributed by atoms with E-state index in [0.717, 1.165) is 35.8 Å². The number of benzene rings is 1. The number of rotatable bonds is 2. The van der Waals surface area contributed by atoms with Crippen molar-refractivity contribution in [3.8, 4) is 11.4 Å². The van der Waals surface area contributed by atoms with Gasteiger partial charge < -0.3 is 15.8 Å². The minimum Gasteiger partial charge on any atom is -0.497 e. The van der Waals surface area contributed by atoms with E-state index >= 15 is 0 Å². The van der Waals surface area contributed by atoms with Crippen LogP contribution in [0.25, 0.3) is 5.69 Å². The van der Waals surface area contributed by atoms with Gasteiger partial charge in [-0.1, -0.05) is 6.07 Å². The number of nitrogens with zero attached hydrogens (tertiary/aromatic N) is 2. The number of anilines is 1. The Morgan fingerprint density at radius 2 is 2.29 bits per heavy atom. The normalized spacial score (nSPS) is 13.7. The monoisotopic (exact) mass is 230 g/mol. The fourth-order valence-electron chi connectivity index (χ4n) is 2.09. The van der Waals surface area contributed by atoms with E-state index in [1.807, 2.05) is 24.3 Å². The van der Waals surface area contributed by atoms with E-state index in [1.54, 1.807) is 11.8 Å². The summed E-state index contributed by atoms with van der Waals surface area (Å²) < 4.78 is 6.97. The maximum Gasteiger partial charge on any atom is 0.132 e. The number of nitrogen functional groups attached to an aromatic ring is 1. The van der Waals surface area contributed by atoms with E-state index in [4.69, 9.17) is 10.5 Å². The van der Waals surface area contributed by atoms with Crippen molar-refractivity contribution in [2.45, 2.75) is 13.1 Å². The first-order valence-corrected chi connectivity index (χ1v) is 5.51. The number of nitrogens with two attached hydrogens (primary N) is 1. The smallest absolute Gasteiger partial charge is 0.132 e. The molecule has 1 aromatic heterocycles. The molecule has 0 unspecified atom stereocenters. The summed E-state index contributed by atoms with van der Waals surface area (Å²) in [5.41, 5.74) is 9.16. The topological polar surface area (TPSA) is 65.1 Å². The molecular formula is C12H14N4O. The van der Waals surface area contributed by atoms with Gasteiger partial charge in [-0.2, -0.15) is 5.10 Å². The number of aromatic nitrogens is 2. The molecule has 3 rings (SSSR count). The van der Waals surface area contributed by atoms with Crippen molar-refractivity contribution in [2.75, 3.05) is 12.8 Å². The largest absolute Gasteiger partial charge is 0.497 e. The standard InChI is InChI=1S/C12H14N4O/c1-17-9-4-2-3-8(5-9)16-12(13)10-6-14-7-11(10)15-16/h2-5,14H,6-7,13H2,1H3. The Morgan fingerprint density at radius 3 is 3.06 bits per heavy atom. The van der Waals surface area contributed by atoms with E-state index in [1.165, 1.54) is 0 Å². The lowest BCUT2D eigenvalue weighted by Crippen LogP contribution is -2.09. The maximum absolute atomic E-state index is 6.10. The molecule has 3 N–H and O–H groups in total. The highest BCUT2D eigenvalue weighted by Crippen LogP contribution is 2.25. The maximum atomic E-state index is 6.10. The van der Waals surface area contributed by atoms with Gasteiger partial charge in [0.2, 0.25) is 0 Å². The molecule has 2 heterocycles. The van der Waals surface area contributed by atoms with Crippen molar-refractivity contribution >= 4 is 5.82 Å². The van der Waals surface area contributed by atoms with E-state index in [2.05, 4.69) is 10.4 Å². The number of hydrogen-bond donors (Lipinski definition) is 2. The van der Waals surface area contributed by atoms with Crippen molar-refractivity contribution in [3.63, 3.8) is 0 Å². The first kappa shape index (κ1) is 10.2. The molecule has 1 aliphatic rings. The number of nitrogens with one attached hydrogen (secondary N) is 1. The highest BCUT2D eigenvalue weighted by molar-refractivity contribution is 5.52. The van der Waals surface area contributed by atoms with Crippen LogP contribution in [0.1, 0.15) is 11.3 Å². The van der Waals surface area contributed by atoms with Crippen molar-refractivity contribution in [1.82, 2.24) is 15.1 Å². The molecular weight excluding hydrogens is 216 g/mol. The second-order valence-electron chi connectivity index (χ2n) is 4.03. The first-order valence-electron chi connectivity index (χ1n) is 5.51. The summed E-state index contributed by atoms with van der Waals surface area (Å²) in [6.45, 7) is 1.58. The molecule has 17 heavy (non-hydrogen) atoms. The van der Waals surface area contributed by atoms with Crippen molar-refractivity contribution in [1.29, 1.82) is 0 Å². The van der Waals surface area contributed by atoms with Crippen LogP contribution in [0.2, 0.25) is 0 Å². The Bertz CT molecular complexity index is 562. The lowest BCUT2D eigenvalue weighted by Gasteiger charge is -2.07. The second kappa shape index (κ2) is 3.78. The van der Waals surface area contributed by atoms with E-state index in [0.29, 0.717) is 5.82 Å². The van der Waals surface area contributed by atoms with Crippen molar-refractivity contribution < 1.29 is 4.74 Å². The SMILES string of the molecule is COc1cccc(-n2nc3c(c2N)CNC3)c1. The zero-order chi connectivity index (χ0) is 11.8. The minimum atomic E-state index is 0.707. The predicted octanol–water partition coefficient (Wildman–Crippen LogP) is 1.07. The van der Waals surface area contributed by atoms with Crippen LogP contribution in [0.15, 0.2) is 24.3 Å². The predicted molar refractivity (Wildman–Crippen MR) is 65.1 cm³/mol. The van der Waals surface area contributed by atoms with Crippen molar-refractivity contribution in [3.05, 3.63) is 35.5 Å². The Hall–Kier alpha value is -2.01. The van der Waals surface area contributed by atoms with Gasteiger partial charge >= 0.3 is 0 Å². The summed E-state index contributed by atoms with van der Waals surface area (Å²) in [7, 11) is 1.65. The van der Waals surface area contributed by atoms with Gasteiger partial charge in [0.15, 0.2) is 0 Å². The van der Waals surface area contributed by atoms with Crippen LogP contribution in [0.4, 0.5) is 5.82 Å². The van der Waals surface area contributed by atoms with Crippen LogP contribution in [-0.2, 0) is 13.1 Å². The molecule has 0 radical (unpaired) electrons. The molecule has 1 aromatic carbocycles. The summed E-state index contributed by atoms with van der Waals surface area (Å²) >= 11 is 0. The van der Waals surface area contributed by atoms with Gasteiger partial charge in [-0.15, -0.1) is 0 Å². The fourth-order valence-corrected chi connectivity index (χ4v) is 2.09. The van der Waals surface area contributed by atoms with Gasteiger partial charge in [0.1, 0.15) is 11.6 Å². The molecule has 0 bridgehead atoms. The van der Waals surface area contributed by atoms with Gasteiger partial charge in [-0.05, 0) is 12.1 Å². The molecule has 0 fully saturated rings. The lowest BCUT2D eigenvalue weighted by molar-refractivity contribution is 0.414. The van der Waals surface area contributed by atoms with Crippen LogP contribution >= 0.6 is 0 Å². The Balaban J connectivity index is 2.09. The molecule has 0 amide bonds. The number of methoxy groups -OCH3 is 1. The van der Waals surface area contributed by atoms with Gasteiger partial charge in [0.25, 0.3) is 0 Å². The lowest BCUT2D eigenvalue weighted by atomic mass is 10.2. The molecule has 0 saturated carbocycles. The molecule has 0 saturated heterocycles. The number of fused-ring (bicyclic) bond motifs is 1. The van der Waals surface area contributed by atoms with Crippen LogP contribution in [0.5, 0.6) is 5.75 Å². The molecule has 5 heteroatoms. The summed E-state index contributed by atoms with van der Waals surface area (Å²) in [5, 5.41) is 7.74. The number of hydrogen-bond acceptors (Lipinski definition) is 4. The summed E-state index contributed by atoms with van der Waals surface area (Å²) in [6, 6.07) is 7.72. The second-order valence-corrected chi connectivity index (χ2v) is 4.03. The third-order valence-corrected chi connectivity index (χ3v) is 3.00. The van der Waals surface area contributed by atoms with E-state index in [-0.39, 0.29) is 0 Å². The highest BCUT2D eigenvalue weighted by atomic mass is 16.5. The molecule has 1 aliphatic heterocycles. The van der Waals surface area contributed by atoms with Crippen LogP contribution in [0.3, 0.4) is 0 Å². The van der Waals surface area contributed by atoms with Crippen LogP contribution in [-0.4, -0.2) is 16.9 Å². The zero-order valence-electron chi connectivity index (χ0n) is 9.60. The van der Waals surface area contributed by atoms with Crippen LogP contribution < -0.4 is 15.8 Å². The van der Waals surface area contributed by atoms with Gasteiger partial charge in [0, 0.05) is 24.7 Å². The average Bonchev–Trinajstić information content (AvgIpc) is 2.93. The Labute approximate surface area is 99.2 Å². The molecule has 0 spiro atoms. The third kappa shape index (κ3) is 1.55. The first-order chi connectivity index (χ1) is 8.29. The quantitative estimate of drug-likeness (QED) is 0.809. The van der Waals surface area contributed by atoms with Gasteiger partial charge in [0.05, 0.1) is 18.5 Å². The van der Waals surface area contributed by atoms with E-state index in [9.17, 15) is 0 Å². The Morgan fingerprint density at radius 1 is 1.41 bits per heavy atom. The highest BCUT2D eigenvalue weighted by Gasteiger charge is 2.20. The third-order valence-electron chi connectivity index (χ3n) is 3.00. The fraction of sp³-hybridized carbons (Fsp3) is 0.250. The summed E-state index contributed by atoms with van der Waals surface area (Å²) in [5.74, 6) is 1.51. The Kier molecular flexibility index (Phi) is 2.26. The number of ether oxygens (including phenoxy) is 1. The summed E-state index contributed by atoms with van der Waals surface area (Å²) in [4.78, 5) is 0. The molecule has 5 nitrogen and oxygen atoms in total. The molecule has 88 valence electrons. The minimum absolute atomic E-state index is 0.707. The average molecular weight is 230 g/mol. The van der Waals surface area contributed by atoms with E-state index < -0.39 is 0 Å².